The van der Waals surface area contributed by atoms with Gasteiger partial charge in [-0.05, 0) is 30.2 Å². The van der Waals surface area contributed by atoms with Crippen molar-refractivity contribution in [3.63, 3.8) is 0 Å². The molecular weight excluding hydrogens is 467 g/mol. The van der Waals surface area contributed by atoms with Crippen molar-refractivity contribution in [1.29, 1.82) is 0 Å². The Morgan fingerprint density at radius 2 is 1.78 bits per heavy atom. The summed E-state index contributed by atoms with van der Waals surface area (Å²) < 4.78 is 20.7. The topological polar surface area (TPSA) is 127 Å². The molecule has 3 N–H and O–H groups in total. The van der Waals surface area contributed by atoms with Gasteiger partial charge in [-0.3, -0.25) is 14.4 Å². The summed E-state index contributed by atoms with van der Waals surface area (Å²) in [6, 6.07) is 14.0. The maximum absolute atomic E-state index is 14.3. The number of benzene rings is 2. The lowest BCUT2D eigenvalue weighted by Crippen LogP contribution is -2.29. The van der Waals surface area contributed by atoms with Crippen LogP contribution in [0.3, 0.4) is 0 Å². The largest absolute Gasteiger partial charge is 0.482 e. The van der Waals surface area contributed by atoms with Gasteiger partial charge >= 0.3 is 0 Å². The molecule has 2 aromatic heterocycles. The van der Waals surface area contributed by atoms with Gasteiger partial charge in [0.15, 0.2) is 18.1 Å². The Morgan fingerprint density at radius 1 is 1.06 bits per heavy atom. The molecule has 182 valence electrons. The second-order valence-corrected chi connectivity index (χ2v) is 8.27. The molecule has 0 spiro atoms. The summed E-state index contributed by atoms with van der Waals surface area (Å²) in [5.41, 5.74) is 2.77. The molecule has 0 atom stereocenters. The molecule has 4 aromatic rings. The fourth-order valence-corrected chi connectivity index (χ4v) is 3.71. The number of nitrogens with one attached hydrogen (secondary N) is 3. The minimum atomic E-state index is -0.761. The smallest absolute Gasteiger partial charge is 0.270 e. The Kier molecular flexibility index (Phi) is 6.03. The fourth-order valence-electron chi connectivity index (χ4n) is 3.71. The summed E-state index contributed by atoms with van der Waals surface area (Å²) in [5, 5.41) is 12.1. The number of hydrogen-bond acceptors (Lipinski definition) is 6. The number of ether oxygens (including phenoxy) is 1. The van der Waals surface area contributed by atoms with Crippen molar-refractivity contribution in [3.8, 4) is 5.75 Å². The first-order valence-electron chi connectivity index (χ1n) is 11.1. The van der Waals surface area contributed by atoms with Crippen LogP contribution in [0.1, 0.15) is 37.7 Å². The number of fused-ring (bicyclic) bond motifs is 2. The predicted molar refractivity (Wildman–Crippen MR) is 127 cm³/mol. The fraction of sp³-hybridized carbons (Fsp3) is 0.160. The molecule has 0 saturated carbocycles. The molecule has 0 fully saturated rings. The zero-order valence-corrected chi connectivity index (χ0v) is 19.2. The van der Waals surface area contributed by atoms with Gasteiger partial charge in [0.05, 0.1) is 11.9 Å². The summed E-state index contributed by atoms with van der Waals surface area (Å²) in [6.45, 7) is 2.26. The summed E-state index contributed by atoms with van der Waals surface area (Å²) in [7, 11) is 0. The summed E-state index contributed by atoms with van der Waals surface area (Å²) in [5.74, 6) is -1.64. The van der Waals surface area contributed by atoms with E-state index in [2.05, 4.69) is 26.0 Å². The highest BCUT2D eigenvalue weighted by molar-refractivity contribution is 5.98. The van der Waals surface area contributed by atoms with Gasteiger partial charge in [0, 0.05) is 19.2 Å². The maximum Gasteiger partial charge on any atom is 0.270 e. The van der Waals surface area contributed by atoms with Crippen molar-refractivity contribution in [3.05, 3.63) is 88.6 Å². The summed E-state index contributed by atoms with van der Waals surface area (Å²) >= 11 is 0. The first-order valence-corrected chi connectivity index (χ1v) is 11.1. The maximum atomic E-state index is 14.3. The molecule has 10 nitrogen and oxygen atoms in total. The highest BCUT2D eigenvalue weighted by atomic mass is 19.1. The van der Waals surface area contributed by atoms with Crippen LogP contribution in [-0.2, 0) is 17.9 Å². The van der Waals surface area contributed by atoms with Crippen LogP contribution in [0.4, 0.5) is 10.1 Å². The van der Waals surface area contributed by atoms with E-state index in [4.69, 9.17) is 4.74 Å². The third-order valence-electron chi connectivity index (χ3n) is 5.60. The average Bonchev–Trinajstić information content (AvgIpc) is 3.26. The van der Waals surface area contributed by atoms with Crippen LogP contribution in [0.15, 0.2) is 54.7 Å². The molecule has 3 heterocycles. The summed E-state index contributed by atoms with van der Waals surface area (Å²) in [6.07, 6.45) is 0.935. The van der Waals surface area contributed by atoms with Crippen molar-refractivity contribution in [2.45, 2.75) is 20.0 Å². The Hall–Kier alpha value is -4.80. The van der Waals surface area contributed by atoms with E-state index in [9.17, 15) is 18.8 Å². The number of anilines is 1. The molecule has 0 bridgehead atoms. The van der Waals surface area contributed by atoms with Crippen LogP contribution < -0.4 is 20.7 Å². The first-order chi connectivity index (χ1) is 17.4. The van der Waals surface area contributed by atoms with Crippen LogP contribution >= 0.6 is 0 Å². The standard InChI is InChI=1S/C25H21FN6O4/c1-14-2-4-15(5-3-14)10-28-25(35)20-9-19(31-23-17(26)12-29-32(20)23)24(34)27-11-16-6-7-21-18(8-16)30-22(33)13-36-21/h2-9,12H,10-11,13H2,1H3,(H,27,34)(H,28,35)(H,30,33). The van der Waals surface area contributed by atoms with Gasteiger partial charge in [0.1, 0.15) is 17.1 Å². The van der Waals surface area contributed by atoms with Gasteiger partial charge in [-0.25, -0.2) is 13.9 Å². The first kappa shape index (κ1) is 23.0. The predicted octanol–water partition coefficient (Wildman–Crippen LogP) is 2.37. The van der Waals surface area contributed by atoms with Gasteiger partial charge in [0.25, 0.3) is 17.7 Å². The van der Waals surface area contributed by atoms with E-state index < -0.39 is 17.6 Å². The summed E-state index contributed by atoms with van der Waals surface area (Å²) in [4.78, 5) is 41.4. The zero-order valence-electron chi connectivity index (χ0n) is 19.2. The van der Waals surface area contributed by atoms with E-state index in [0.29, 0.717) is 17.0 Å². The molecule has 0 saturated heterocycles. The lowest BCUT2D eigenvalue weighted by atomic mass is 10.1. The number of amides is 3. The molecule has 0 radical (unpaired) electrons. The monoisotopic (exact) mass is 488 g/mol. The quantitative estimate of drug-likeness (QED) is 0.383. The normalized spacial score (nSPS) is 12.4. The third kappa shape index (κ3) is 4.71. The SMILES string of the molecule is Cc1ccc(CNC(=O)c2cc(C(=O)NCc3ccc4c(c3)NC(=O)CO4)nc3c(F)cnn23)cc1. The van der Waals surface area contributed by atoms with Crippen molar-refractivity contribution in [2.24, 2.45) is 0 Å². The number of halogens is 1. The number of carbonyl (C=O) groups is 3. The lowest BCUT2D eigenvalue weighted by molar-refractivity contribution is -0.118. The minimum Gasteiger partial charge on any atom is -0.482 e. The number of rotatable bonds is 6. The second-order valence-electron chi connectivity index (χ2n) is 8.27. The van der Waals surface area contributed by atoms with E-state index in [-0.39, 0.29) is 42.6 Å². The molecule has 2 aromatic carbocycles. The average molecular weight is 488 g/mol. The molecule has 0 unspecified atom stereocenters. The Labute approximate surface area is 204 Å². The molecule has 11 heteroatoms. The Morgan fingerprint density at radius 3 is 2.58 bits per heavy atom. The molecule has 0 aliphatic carbocycles. The number of aryl methyl sites for hydroxylation is 1. The second kappa shape index (κ2) is 9.45. The molecule has 5 rings (SSSR count). The number of nitrogens with zero attached hydrogens (tertiary/aromatic N) is 3. The van der Waals surface area contributed by atoms with E-state index in [1.54, 1.807) is 18.2 Å². The number of hydrogen-bond donors (Lipinski definition) is 3. The van der Waals surface area contributed by atoms with Crippen LogP contribution in [0.25, 0.3) is 5.65 Å². The van der Waals surface area contributed by atoms with Crippen molar-refractivity contribution >= 4 is 29.1 Å². The van der Waals surface area contributed by atoms with Crippen molar-refractivity contribution in [1.82, 2.24) is 25.2 Å². The van der Waals surface area contributed by atoms with Crippen molar-refractivity contribution in [2.75, 3.05) is 11.9 Å². The lowest BCUT2D eigenvalue weighted by Gasteiger charge is -2.18. The minimum absolute atomic E-state index is 0.0326. The highest BCUT2D eigenvalue weighted by Gasteiger charge is 2.21. The molecule has 36 heavy (non-hydrogen) atoms. The van der Waals surface area contributed by atoms with Gasteiger partial charge in [-0.15, -0.1) is 0 Å². The van der Waals surface area contributed by atoms with E-state index >= 15 is 0 Å². The van der Waals surface area contributed by atoms with Crippen molar-refractivity contribution < 1.29 is 23.5 Å². The van der Waals surface area contributed by atoms with Crippen LogP contribution in [-0.4, -0.2) is 38.9 Å². The number of carbonyl (C=O) groups excluding carboxylic acids is 3. The number of aromatic nitrogens is 3. The van der Waals surface area contributed by atoms with Crippen LogP contribution in [0, 0.1) is 12.7 Å². The Balaban J connectivity index is 1.34. The van der Waals surface area contributed by atoms with Crippen LogP contribution in [0.2, 0.25) is 0 Å². The van der Waals surface area contributed by atoms with Gasteiger partial charge < -0.3 is 20.7 Å². The van der Waals surface area contributed by atoms with E-state index in [1.807, 2.05) is 31.2 Å². The molecule has 1 aliphatic heterocycles. The Bertz CT molecular complexity index is 1500. The van der Waals surface area contributed by atoms with Gasteiger partial charge in [-0.2, -0.15) is 5.10 Å². The zero-order chi connectivity index (χ0) is 25.2. The molecular formula is C25H21FN6O4. The molecule has 3 amide bonds. The van der Waals surface area contributed by atoms with Gasteiger partial charge in [-0.1, -0.05) is 35.9 Å². The molecule has 1 aliphatic rings. The van der Waals surface area contributed by atoms with Gasteiger partial charge in [0.2, 0.25) is 0 Å². The third-order valence-corrected chi connectivity index (χ3v) is 5.60. The van der Waals surface area contributed by atoms with Crippen LogP contribution in [0.5, 0.6) is 5.75 Å². The van der Waals surface area contributed by atoms with E-state index in [1.165, 1.54) is 6.07 Å². The highest BCUT2D eigenvalue weighted by Crippen LogP contribution is 2.28. The van der Waals surface area contributed by atoms with E-state index in [0.717, 1.165) is 21.8 Å².